The van der Waals surface area contributed by atoms with Gasteiger partial charge in [-0.3, -0.25) is 4.79 Å². The van der Waals surface area contributed by atoms with Gasteiger partial charge in [-0.25, -0.2) is 0 Å². The van der Waals surface area contributed by atoms with E-state index in [1.54, 1.807) is 24.3 Å². The topological polar surface area (TPSA) is 72.3 Å². The summed E-state index contributed by atoms with van der Waals surface area (Å²) < 4.78 is 11.7. The van der Waals surface area contributed by atoms with Crippen LogP contribution in [0, 0.1) is 0 Å². The SMILES string of the molecule is CC1(C)Cc2cccc(OCC(=O)Nc3ccc(N=Nc4ccccc4)cc3)c2O1. The number of anilines is 1. The molecule has 0 bridgehead atoms. The lowest BCUT2D eigenvalue weighted by Crippen LogP contribution is -2.25. The largest absolute Gasteiger partial charge is 0.483 e. The van der Waals surface area contributed by atoms with Crippen molar-refractivity contribution in [2.45, 2.75) is 25.9 Å². The summed E-state index contributed by atoms with van der Waals surface area (Å²) in [6, 6.07) is 22.4. The molecule has 1 N–H and O–H groups in total. The molecule has 3 aromatic rings. The maximum atomic E-state index is 12.3. The van der Waals surface area contributed by atoms with Crippen molar-refractivity contribution in [3.8, 4) is 11.5 Å². The van der Waals surface area contributed by atoms with Gasteiger partial charge in [0.2, 0.25) is 0 Å². The molecule has 1 amide bonds. The molecule has 0 saturated heterocycles. The van der Waals surface area contributed by atoms with E-state index < -0.39 is 0 Å². The van der Waals surface area contributed by atoms with Gasteiger partial charge in [-0.15, -0.1) is 0 Å². The minimum absolute atomic E-state index is 0.101. The summed E-state index contributed by atoms with van der Waals surface area (Å²) >= 11 is 0. The second kappa shape index (κ2) is 8.37. The van der Waals surface area contributed by atoms with Crippen molar-refractivity contribution in [2.75, 3.05) is 11.9 Å². The van der Waals surface area contributed by atoms with Gasteiger partial charge in [-0.2, -0.15) is 10.2 Å². The van der Waals surface area contributed by atoms with Crippen LogP contribution in [0.15, 0.2) is 83.0 Å². The molecule has 0 aromatic heterocycles. The summed E-state index contributed by atoms with van der Waals surface area (Å²) in [4.78, 5) is 12.3. The maximum absolute atomic E-state index is 12.3. The first-order valence-electron chi connectivity index (χ1n) is 9.79. The van der Waals surface area contributed by atoms with Crippen LogP contribution in [0.25, 0.3) is 0 Å². The monoisotopic (exact) mass is 401 g/mol. The molecule has 4 rings (SSSR count). The second-order valence-corrected chi connectivity index (χ2v) is 7.70. The van der Waals surface area contributed by atoms with Crippen LogP contribution in [0.3, 0.4) is 0 Å². The molecule has 6 heteroatoms. The molecule has 1 heterocycles. The molecule has 0 radical (unpaired) electrons. The van der Waals surface area contributed by atoms with Gasteiger partial charge in [0.05, 0.1) is 11.4 Å². The molecule has 0 fully saturated rings. The minimum atomic E-state index is -0.260. The lowest BCUT2D eigenvalue weighted by atomic mass is 10.0. The number of hydrogen-bond acceptors (Lipinski definition) is 5. The van der Waals surface area contributed by atoms with Crippen molar-refractivity contribution in [1.29, 1.82) is 0 Å². The van der Waals surface area contributed by atoms with Crippen LogP contribution >= 0.6 is 0 Å². The van der Waals surface area contributed by atoms with Gasteiger partial charge in [0, 0.05) is 17.7 Å². The van der Waals surface area contributed by atoms with Gasteiger partial charge in [-0.05, 0) is 56.3 Å². The van der Waals surface area contributed by atoms with Crippen molar-refractivity contribution < 1.29 is 14.3 Å². The molecule has 0 atom stereocenters. The number of fused-ring (bicyclic) bond motifs is 1. The Bertz CT molecular complexity index is 1060. The number of carbonyl (C=O) groups is 1. The van der Waals surface area contributed by atoms with Crippen LogP contribution in [0.5, 0.6) is 11.5 Å². The first-order chi connectivity index (χ1) is 14.5. The van der Waals surface area contributed by atoms with Gasteiger partial charge >= 0.3 is 0 Å². The smallest absolute Gasteiger partial charge is 0.262 e. The van der Waals surface area contributed by atoms with Crippen molar-refractivity contribution in [3.05, 3.63) is 78.4 Å². The van der Waals surface area contributed by atoms with Crippen LogP contribution in [0.1, 0.15) is 19.4 Å². The third-order valence-electron chi connectivity index (χ3n) is 4.60. The van der Waals surface area contributed by atoms with E-state index in [9.17, 15) is 4.79 Å². The lowest BCUT2D eigenvalue weighted by Gasteiger charge is -2.18. The third kappa shape index (κ3) is 4.84. The Morgan fingerprint density at radius 1 is 0.967 bits per heavy atom. The van der Waals surface area contributed by atoms with Crippen molar-refractivity contribution in [1.82, 2.24) is 0 Å². The van der Waals surface area contributed by atoms with Crippen LogP contribution < -0.4 is 14.8 Å². The lowest BCUT2D eigenvalue weighted by molar-refractivity contribution is -0.118. The zero-order chi connectivity index (χ0) is 21.0. The third-order valence-corrected chi connectivity index (χ3v) is 4.60. The molecule has 3 aromatic carbocycles. The van der Waals surface area contributed by atoms with Crippen molar-refractivity contribution in [2.24, 2.45) is 10.2 Å². The van der Waals surface area contributed by atoms with Crippen LogP contribution in [0.2, 0.25) is 0 Å². The molecular formula is C24H23N3O3. The number of rotatable bonds is 6. The zero-order valence-electron chi connectivity index (χ0n) is 17.0. The molecule has 30 heavy (non-hydrogen) atoms. The van der Waals surface area contributed by atoms with E-state index in [0.29, 0.717) is 17.1 Å². The van der Waals surface area contributed by atoms with E-state index >= 15 is 0 Å². The highest BCUT2D eigenvalue weighted by atomic mass is 16.5. The minimum Gasteiger partial charge on any atom is -0.483 e. The molecule has 1 aliphatic rings. The Morgan fingerprint density at radius 2 is 1.67 bits per heavy atom. The molecule has 0 aliphatic carbocycles. The Morgan fingerprint density at radius 3 is 2.40 bits per heavy atom. The summed E-state index contributed by atoms with van der Waals surface area (Å²) in [5, 5.41) is 11.2. The van der Waals surface area contributed by atoms with Crippen LogP contribution in [0.4, 0.5) is 17.1 Å². The number of ether oxygens (including phenoxy) is 2. The Balaban J connectivity index is 1.32. The molecule has 6 nitrogen and oxygen atoms in total. The molecule has 152 valence electrons. The van der Waals surface area contributed by atoms with Crippen molar-refractivity contribution in [3.63, 3.8) is 0 Å². The molecule has 1 aliphatic heterocycles. The van der Waals surface area contributed by atoms with Gasteiger partial charge in [0.1, 0.15) is 5.60 Å². The molecule has 0 unspecified atom stereocenters. The summed E-state index contributed by atoms with van der Waals surface area (Å²) in [5.41, 5.74) is 2.99. The molecular weight excluding hydrogens is 378 g/mol. The Kier molecular flexibility index (Phi) is 5.48. The average Bonchev–Trinajstić information content (AvgIpc) is 3.07. The predicted octanol–water partition coefficient (Wildman–Crippen LogP) is 5.83. The number of hydrogen-bond donors (Lipinski definition) is 1. The van der Waals surface area contributed by atoms with E-state index in [1.165, 1.54) is 0 Å². The fourth-order valence-electron chi connectivity index (χ4n) is 3.26. The maximum Gasteiger partial charge on any atom is 0.262 e. The number of carbonyl (C=O) groups excluding carboxylic acids is 1. The second-order valence-electron chi connectivity index (χ2n) is 7.70. The quantitative estimate of drug-likeness (QED) is 0.528. The first kappa shape index (κ1) is 19.6. The van der Waals surface area contributed by atoms with Gasteiger partial charge in [0.15, 0.2) is 18.1 Å². The van der Waals surface area contributed by atoms with E-state index in [2.05, 4.69) is 15.5 Å². The number of nitrogens with zero attached hydrogens (tertiary/aromatic N) is 2. The highest BCUT2D eigenvalue weighted by Gasteiger charge is 2.32. The summed E-state index contributed by atoms with van der Waals surface area (Å²) in [7, 11) is 0. The van der Waals surface area contributed by atoms with Crippen LogP contribution in [-0.2, 0) is 11.2 Å². The highest BCUT2D eigenvalue weighted by molar-refractivity contribution is 5.92. The fourth-order valence-corrected chi connectivity index (χ4v) is 3.26. The van der Waals surface area contributed by atoms with Crippen molar-refractivity contribution >= 4 is 23.0 Å². The fraction of sp³-hybridized carbons (Fsp3) is 0.208. The number of nitrogens with one attached hydrogen (secondary N) is 1. The summed E-state index contributed by atoms with van der Waals surface area (Å²) in [6.07, 6.45) is 0.819. The Hall–Kier alpha value is -3.67. The van der Waals surface area contributed by atoms with Gasteiger partial charge < -0.3 is 14.8 Å². The van der Waals surface area contributed by atoms with E-state index in [1.807, 2.05) is 62.4 Å². The predicted molar refractivity (Wildman–Crippen MR) is 116 cm³/mol. The first-order valence-corrected chi connectivity index (χ1v) is 9.79. The Labute approximate surface area is 175 Å². The standard InChI is InChI=1S/C24H23N3O3/c1-24(2)15-17-7-6-10-21(23(17)30-24)29-16-22(28)25-18-11-13-20(14-12-18)27-26-19-8-4-3-5-9-19/h3-14H,15-16H2,1-2H3,(H,25,28). The average molecular weight is 401 g/mol. The molecule has 0 spiro atoms. The van der Waals surface area contributed by atoms with Gasteiger partial charge in [0.25, 0.3) is 5.91 Å². The van der Waals surface area contributed by atoms with E-state index in [-0.39, 0.29) is 18.1 Å². The zero-order valence-corrected chi connectivity index (χ0v) is 17.0. The normalized spacial score (nSPS) is 14.2. The number of para-hydroxylation sites is 1. The van der Waals surface area contributed by atoms with E-state index in [0.717, 1.165) is 23.4 Å². The number of benzene rings is 3. The van der Waals surface area contributed by atoms with Crippen LogP contribution in [-0.4, -0.2) is 18.1 Å². The summed E-state index contributed by atoms with van der Waals surface area (Å²) in [6.45, 7) is 3.97. The summed E-state index contributed by atoms with van der Waals surface area (Å²) in [5.74, 6) is 1.07. The highest BCUT2D eigenvalue weighted by Crippen LogP contribution is 2.41. The molecule has 0 saturated carbocycles. The van der Waals surface area contributed by atoms with Gasteiger partial charge in [-0.1, -0.05) is 30.3 Å². The number of amides is 1. The number of azo groups is 1. The van der Waals surface area contributed by atoms with E-state index in [4.69, 9.17) is 9.47 Å².